The van der Waals surface area contributed by atoms with E-state index in [4.69, 9.17) is 10.5 Å². The second kappa shape index (κ2) is 7.30. The number of nitrogens with one attached hydrogen (secondary N) is 2. The zero-order chi connectivity index (χ0) is 15.2. The highest BCUT2D eigenvalue weighted by Gasteiger charge is 2.06. The lowest BCUT2D eigenvalue weighted by Crippen LogP contribution is -2.24. The largest absolute Gasteiger partial charge is 0.473 e. The van der Waals surface area contributed by atoms with Crippen LogP contribution in [0.3, 0.4) is 0 Å². The maximum atomic E-state index is 10.9. The molecule has 0 atom stereocenters. The predicted octanol–water partition coefficient (Wildman–Crippen LogP) is 0.802. The molecule has 0 spiro atoms. The van der Waals surface area contributed by atoms with Gasteiger partial charge in [0.25, 0.3) is 0 Å². The molecule has 0 saturated heterocycles. The molecule has 114 valence electrons. The minimum absolute atomic E-state index is 0.000916. The number of nitrogens with zero attached hydrogens (tertiary/aromatic N) is 1. The fourth-order valence-electron chi connectivity index (χ4n) is 1.43. The second-order valence-corrected chi connectivity index (χ2v) is 6.54. The van der Waals surface area contributed by atoms with Gasteiger partial charge in [0.15, 0.2) is 0 Å². The Morgan fingerprint density at radius 1 is 1.35 bits per heavy atom. The first kappa shape index (κ1) is 16.5. The fourth-order valence-corrected chi connectivity index (χ4v) is 1.94. The lowest BCUT2D eigenvalue weighted by molar-refractivity contribution is 0.234. The number of nitrogens with two attached hydrogens (primary N) is 1. The van der Waals surface area contributed by atoms with Crippen molar-refractivity contribution in [1.82, 2.24) is 9.71 Å². The highest BCUT2D eigenvalue weighted by atomic mass is 32.2. The van der Waals surface area contributed by atoms with E-state index in [9.17, 15) is 8.42 Å². The first-order valence-electron chi connectivity index (χ1n) is 6.39. The van der Waals surface area contributed by atoms with Crippen LogP contribution in [0.5, 0.6) is 5.88 Å². The van der Waals surface area contributed by atoms with Gasteiger partial charge in [-0.2, -0.15) is 4.98 Å². The van der Waals surface area contributed by atoms with Crippen LogP contribution in [0.15, 0.2) is 12.1 Å². The fraction of sp³-hybridized carbons (Fsp3) is 0.583. The Morgan fingerprint density at radius 3 is 2.65 bits per heavy atom. The average molecular weight is 302 g/mol. The van der Waals surface area contributed by atoms with E-state index in [1.165, 1.54) is 0 Å². The van der Waals surface area contributed by atoms with Gasteiger partial charge in [0, 0.05) is 13.1 Å². The number of ether oxygens (including phenoxy) is 1. The van der Waals surface area contributed by atoms with Crippen LogP contribution < -0.4 is 20.5 Å². The third kappa shape index (κ3) is 6.58. The molecule has 8 heteroatoms. The van der Waals surface area contributed by atoms with E-state index in [0.717, 1.165) is 6.26 Å². The zero-order valence-corrected chi connectivity index (χ0v) is 12.8. The summed E-state index contributed by atoms with van der Waals surface area (Å²) in [6, 6.07) is 3.48. The lowest BCUT2D eigenvalue weighted by atomic mass is 10.3. The molecule has 0 amide bonds. The van der Waals surface area contributed by atoms with E-state index >= 15 is 0 Å². The summed E-state index contributed by atoms with van der Waals surface area (Å²) in [6.45, 7) is 4.78. The van der Waals surface area contributed by atoms with E-state index in [-0.39, 0.29) is 6.10 Å². The van der Waals surface area contributed by atoms with Crippen molar-refractivity contribution in [3.8, 4) is 5.88 Å². The number of hydrogen-bond acceptors (Lipinski definition) is 6. The van der Waals surface area contributed by atoms with Crippen LogP contribution in [-0.4, -0.2) is 38.9 Å². The normalized spacial score (nSPS) is 11.6. The predicted molar refractivity (Wildman–Crippen MR) is 80.4 cm³/mol. The van der Waals surface area contributed by atoms with Crippen molar-refractivity contribution < 1.29 is 13.2 Å². The van der Waals surface area contributed by atoms with Crippen LogP contribution in [0.25, 0.3) is 0 Å². The van der Waals surface area contributed by atoms with Crippen LogP contribution in [0, 0.1) is 0 Å². The van der Waals surface area contributed by atoms with E-state index in [1.807, 2.05) is 13.8 Å². The molecule has 0 radical (unpaired) electrons. The van der Waals surface area contributed by atoms with Crippen molar-refractivity contribution in [2.24, 2.45) is 0 Å². The van der Waals surface area contributed by atoms with Crippen molar-refractivity contribution in [2.45, 2.75) is 26.4 Å². The Kier molecular flexibility index (Phi) is 6.03. The Hall–Kier alpha value is -1.54. The highest BCUT2D eigenvalue weighted by Crippen LogP contribution is 2.21. The molecule has 1 rings (SSSR count). The van der Waals surface area contributed by atoms with Gasteiger partial charge in [-0.15, -0.1) is 0 Å². The van der Waals surface area contributed by atoms with Crippen molar-refractivity contribution in [3.05, 3.63) is 12.1 Å². The molecular weight excluding hydrogens is 280 g/mol. The van der Waals surface area contributed by atoms with Gasteiger partial charge < -0.3 is 15.8 Å². The zero-order valence-electron chi connectivity index (χ0n) is 12.0. The minimum atomic E-state index is -3.12. The van der Waals surface area contributed by atoms with Gasteiger partial charge in [0.05, 0.1) is 18.0 Å². The van der Waals surface area contributed by atoms with Crippen LogP contribution in [0.1, 0.15) is 20.3 Å². The van der Waals surface area contributed by atoms with E-state index < -0.39 is 10.0 Å². The topological polar surface area (TPSA) is 106 Å². The minimum Gasteiger partial charge on any atom is -0.473 e. The van der Waals surface area contributed by atoms with Gasteiger partial charge in [-0.1, -0.05) is 0 Å². The first-order valence-corrected chi connectivity index (χ1v) is 8.29. The second-order valence-electron chi connectivity index (χ2n) is 4.70. The summed E-state index contributed by atoms with van der Waals surface area (Å²) in [5.74, 6) is 1.05. The summed E-state index contributed by atoms with van der Waals surface area (Å²) in [5.41, 5.74) is 6.26. The smallest absolute Gasteiger partial charge is 0.239 e. The summed E-state index contributed by atoms with van der Waals surface area (Å²) in [5, 5.41) is 3.09. The SMILES string of the molecule is CC(C)Oc1nc(NCCCNS(C)(=O)=O)ccc1N. The van der Waals surface area contributed by atoms with Gasteiger partial charge in [-0.25, -0.2) is 13.1 Å². The molecule has 0 aliphatic heterocycles. The maximum Gasteiger partial charge on any atom is 0.239 e. The number of pyridine rings is 1. The maximum absolute atomic E-state index is 10.9. The number of hydrogen-bond donors (Lipinski definition) is 3. The number of aromatic nitrogens is 1. The van der Waals surface area contributed by atoms with E-state index in [2.05, 4.69) is 15.0 Å². The highest BCUT2D eigenvalue weighted by molar-refractivity contribution is 7.88. The van der Waals surface area contributed by atoms with Crippen LogP contribution in [0.4, 0.5) is 11.5 Å². The Morgan fingerprint density at radius 2 is 2.05 bits per heavy atom. The molecule has 0 bridgehead atoms. The Balaban J connectivity index is 2.44. The summed E-state index contributed by atoms with van der Waals surface area (Å²) in [6.07, 6.45) is 1.79. The molecule has 0 aliphatic rings. The van der Waals surface area contributed by atoms with Gasteiger partial charge in [-0.05, 0) is 32.4 Å². The Bertz CT molecular complexity index is 532. The Labute approximate surface area is 120 Å². The van der Waals surface area contributed by atoms with Crippen molar-refractivity contribution in [2.75, 3.05) is 30.4 Å². The summed E-state index contributed by atoms with van der Waals surface area (Å²) >= 11 is 0. The van der Waals surface area contributed by atoms with E-state index in [0.29, 0.717) is 36.9 Å². The van der Waals surface area contributed by atoms with Crippen molar-refractivity contribution in [1.29, 1.82) is 0 Å². The quantitative estimate of drug-likeness (QED) is 0.613. The number of anilines is 2. The molecule has 1 heterocycles. The summed E-state index contributed by atoms with van der Waals surface area (Å²) in [7, 11) is -3.12. The van der Waals surface area contributed by atoms with E-state index in [1.54, 1.807) is 12.1 Å². The summed E-state index contributed by atoms with van der Waals surface area (Å²) in [4.78, 5) is 4.26. The number of nitrogen functional groups attached to an aromatic ring is 1. The average Bonchev–Trinajstić information content (AvgIpc) is 2.30. The summed E-state index contributed by atoms with van der Waals surface area (Å²) < 4.78 is 29.7. The van der Waals surface area contributed by atoms with Crippen LogP contribution in [-0.2, 0) is 10.0 Å². The van der Waals surface area contributed by atoms with Crippen molar-refractivity contribution >= 4 is 21.5 Å². The third-order valence-corrected chi connectivity index (χ3v) is 2.99. The van der Waals surface area contributed by atoms with Crippen molar-refractivity contribution in [3.63, 3.8) is 0 Å². The monoisotopic (exact) mass is 302 g/mol. The van der Waals surface area contributed by atoms with Gasteiger partial charge in [0.2, 0.25) is 15.9 Å². The first-order chi connectivity index (χ1) is 9.28. The molecule has 7 nitrogen and oxygen atoms in total. The number of sulfonamides is 1. The van der Waals surface area contributed by atoms with Gasteiger partial charge in [0.1, 0.15) is 5.82 Å². The molecule has 1 aromatic rings. The molecule has 0 fully saturated rings. The molecule has 4 N–H and O–H groups in total. The molecule has 20 heavy (non-hydrogen) atoms. The van der Waals surface area contributed by atoms with Gasteiger partial charge >= 0.3 is 0 Å². The molecule has 0 saturated carbocycles. The van der Waals surface area contributed by atoms with Crippen LogP contribution in [0.2, 0.25) is 0 Å². The molecule has 1 aromatic heterocycles. The number of rotatable bonds is 8. The molecule has 0 aromatic carbocycles. The molecular formula is C12H22N4O3S. The van der Waals surface area contributed by atoms with Gasteiger partial charge in [-0.3, -0.25) is 0 Å². The molecule has 0 unspecified atom stereocenters. The standard InChI is InChI=1S/C12H22N4O3S/c1-9(2)19-12-10(13)5-6-11(16-12)14-7-4-8-15-20(3,17)18/h5-6,9,15H,4,7-8,13H2,1-3H3,(H,14,16). The molecule has 0 aliphatic carbocycles. The van der Waals surface area contributed by atoms with Crippen LogP contribution >= 0.6 is 0 Å². The third-order valence-electron chi connectivity index (χ3n) is 2.26. The lowest BCUT2D eigenvalue weighted by Gasteiger charge is -2.13.